The fraction of sp³-hybridized carbons (Fsp3) is 0.400. The molecule has 1 aromatic carbocycles. The molecule has 1 heterocycles. The Hall–Kier alpha value is -2.16. The molecule has 0 atom stereocenters. The molecule has 0 unspecified atom stereocenters. The first-order chi connectivity index (χ1) is 11.1. The molecule has 3 nitrogen and oxygen atoms in total. The summed E-state index contributed by atoms with van der Waals surface area (Å²) < 4.78 is 0. The van der Waals surface area contributed by atoms with Crippen LogP contribution in [0, 0.1) is 12.8 Å². The molecule has 0 saturated heterocycles. The summed E-state index contributed by atoms with van der Waals surface area (Å²) >= 11 is 0. The largest absolute Gasteiger partial charge is 0.349 e. The molecule has 1 fully saturated rings. The number of nitrogens with one attached hydrogen (secondary N) is 1. The number of rotatable bonds is 3. The van der Waals surface area contributed by atoms with Crippen molar-refractivity contribution in [1.29, 1.82) is 0 Å². The fourth-order valence-corrected chi connectivity index (χ4v) is 3.24. The molecule has 0 radical (unpaired) electrons. The average Bonchev–Trinajstić information content (AvgIpc) is 2.57. The predicted molar refractivity (Wildman–Crippen MR) is 93.3 cm³/mol. The monoisotopic (exact) mass is 308 g/mol. The van der Waals surface area contributed by atoms with Gasteiger partial charge in [0.25, 0.3) is 5.91 Å². The summed E-state index contributed by atoms with van der Waals surface area (Å²) in [5.74, 6) is 0.797. The van der Waals surface area contributed by atoms with Crippen LogP contribution in [0.15, 0.2) is 42.5 Å². The van der Waals surface area contributed by atoms with Gasteiger partial charge in [-0.15, -0.1) is 0 Å². The fourth-order valence-electron chi connectivity index (χ4n) is 3.24. The quantitative estimate of drug-likeness (QED) is 0.915. The highest BCUT2D eigenvalue weighted by atomic mass is 16.1. The molecule has 120 valence electrons. The topological polar surface area (TPSA) is 42.0 Å². The zero-order valence-corrected chi connectivity index (χ0v) is 13.9. The highest BCUT2D eigenvalue weighted by molar-refractivity contribution is 5.95. The second kappa shape index (κ2) is 6.95. The highest BCUT2D eigenvalue weighted by Crippen LogP contribution is 2.24. The van der Waals surface area contributed by atoms with Crippen molar-refractivity contribution in [2.24, 2.45) is 5.92 Å². The summed E-state index contributed by atoms with van der Waals surface area (Å²) in [5, 5.41) is 3.18. The molecule has 1 N–H and O–H groups in total. The molecular formula is C20H24N2O. The van der Waals surface area contributed by atoms with Gasteiger partial charge in [0.05, 0.1) is 17.0 Å². The van der Waals surface area contributed by atoms with Gasteiger partial charge in [0, 0.05) is 11.6 Å². The summed E-state index contributed by atoms with van der Waals surface area (Å²) in [6.07, 6.45) is 4.58. The number of nitrogens with zero attached hydrogens (tertiary/aromatic N) is 1. The van der Waals surface area contributed by atoms with Crippen LogP contribution in [-0.2, 0) is 0 Å². The van der Waals surface area contributed by atoms with E-state index in [9.17, 15) is 4.79 Å². The standard InChI is InChI=1S/C20H24N2O/c1-14-8-10-17(11-9-14)22-20(23)18-12-13-19(21-15(18)2)16-6-4-3-5-7-16/h3-7,12-14,17H,8-11H2,1-2H3,(H,22,23). The minimum atomic E-state index is 0.00849. The van der Waals surface area contributed by atoms with E-state index in [1.165, 1.54) is 12.8 Å². The maximum absolute atomic E-state index is 12.5. The van der Waals surface area contributed by atoms with E-state index in [1.807, 2.05) is 49.4 Å². The van der Waals surface area contributed by atoms with Crippen LogP contribution in [0.3, 0.4) is 0 Å². The zero-order valence-electron chi connectivity index (χ0n) is 13.9. The Morgan fingerprint density at radius 1 is 1.04 bits per heavy atom. The number of hydrogen-bond donors (Lipinski definition) is 1. The minimum absolute atomic E-state index is 0.00849. The molecule has 1 aromatic heterocycles. The van der Waals surface area contributed by atoms with Gasteiger partial charge in [0.2, 0.25) is 0 Å². The van der Waals surface area contributed by atoms with Crippen molar-refractivity contribution in [2.45, 2.75) is 45.6 Å². The third-order valence-electron chi connectivity index (χ3n) is 4.75. The number of aryl methyl sites for hydroxylation is 1. The van der Waals surface area contributed by atoms with E-state index in [0.29, 0.717) is 11.6 Å². The maximum Gasteiger partial charge on any atom is 0.253 e. The van der Waals surface area contributed by atoms with Crippen molar-refractivity contribution >= 4 is 5.91 Å². The van der Waals surface area contributed by atoms with Crippen molar-refractivity contribution in [3.05, 3.63) is 53.7 Å². The van der Waals surface area contributed by atoms with Crippen LogP contribution in [0.25, 0.3) is 11.3 Å². The van der Waals surface area contributed by atoms with E-state index in [0.717, 1.165) is 35.7 Å². The van der Waals surface area contributed by atoms with Crippen LogP contribution < -0.4 is 5.32 Å². The number of amides is 1. The molecule has 23 heavy (non-hydrogen) atoms. The second-order valence-corrected chi connectivity index (χ2v) is 6.63. The molecule has 1 amide bonds. The van der Waals surface area contributed by atoms with E-state index >= 15 is 0 Å². The molecule has 3 heteroatoms. The number of hydrogen-bond acceptors (Lipinski definition) is 2. The Morgan fingerprint density at radius 3 is 2.39 bits per heavy atom. The molecule has 1 aliphatic rings. The van der Waals surface area contributed by atoms with Gasteiger partial charge in [-0.05, 0) is 50.7 Å². The van der Waals surface area contributed by atoms with Gasteiger partial charge >= 0.3 is 0 Å². The molecule has 3 rings (SSSR count). The zero-order chi connectivity index (χ0) is 16.2. The number of aromatic nitrogens is 1. The van der Waals surface area contributed by atoms with Gasteiger partial charge in [-0.3, -0.25) is 9.78 Å². The molecule has 0 bridgehead atoms. The number of carbonyl (C=O) groups excluding carboxylic acids is 1. The lowest BCUT2D eigenvalue weighted by atomic mass is 9.87. The third-order valence-corrected chi connectivity index (χ3v) is 4.75. The molecule has 0 aliphatic heterocycles. The first-order valence-electron chi connectivity index (χ1n) is 8.47. The number of carbonyl (C=O) groups is 1. The van der Waals surface area contributed by atoms with Gasteiger partial charge in [0.15, 0.2) is 0 Å². The Labute approximate surface area is 138 Å². The van der Waals surface area contributed by atoms with Crippen LogP contribution >= 0.6 is 0 Å². The SMILES string of the molecule is Cc1nc(-c2ccccc2)ccc1C(=O)NC1CCC(C)CC1. The summed E-state index contributed by atoms with van der Waals surface area (Å²) in [7, 11) is 0. The van der Waals surface area contributed by atoms with Crippen molar-refractivity contribution in [2.75, 3.05) is 0 Å². The van der Waals surface area contributed by atoms with Crippen LogP contribution in [0.4, 0.5) is 0 Å². The maximum atomic E-state index is 12.5. The van der Waals surface area contributed by atoms with Crippen molar-refractivity contribution in [3.8, 4) is 11.3 Å². The van der Waals surface area contributed by atoms with Crippen molar-refractivity contribution in [1.82, 2.24) is 10.3 Å². The van der Waals surface area contributed by atoms with Crippen LogP contribution in [0.1, 0.15) is 48.7 Å². The molecule has 0 spiro atoms. The van der Waals surface area contributed by atoms with Crippen LogP contribution in [0.2, 0.25) is 0 Å². The Kier molecular flexibility index (Phi) is 4.75. The van der Waals surface area contributed by atoms with E-state index in [4.69, 9.17) is 0 Å². The highest BCUT2D eigenvalue weighted by Gasteiger charge is 2.21. The van der Waals surface area contributed by atoms with Gasteiger partial charge in [-0.25, -0.2) is 0 Å². The Balaban J connectivity index is 1.72. The van der Waals surface area contributed by atoms with Gasteiger partial charge in [-0.2, -0.15) is 0 Å². The lowest BCUT2D eigenvalue weighted by Crippen LogP contribution is -2.37. The van der Waals surface area contributed by atoms with Gasteiger partial charge in [0.1, 0.15) is 0 Å². The molecule has 2 aromatic rings. The van der Waals surface area contributed by atoms with Crippen molar-refractivity contribution < 1.29 is 4.79 Å². The summed E-state index contributed by atoms with van der Waals surface area (Å²) in [4.78, 5) is 17.1. The number of benzene rings is 1. The normalized spacial score (nSPS) is 21.0. The van der Waals surface area contributed by atoms with Crippen molar-refractivity contribution in [3.63, 3.8) is 0 Å². The second-order valence-electron chi connectivity index (χ2n) is 6.63. The van der Waals surface area contributed by atoms with E-state index in [1.54, 1.807) is 0 Å². The molecule has 1 aliphatic carbocycles. The molecular weight excluding hydrogens is 284 g/mol. The summed E-state index contributed by atoms with van der Waals surface area (Å²) in [6, 6.07) is 14.2. The first-order valence-corrected chi connectivity index (χ1v) is 8.47. The van der Waals surface area contributed by atoms with Crippen LogP contribution in [0.5, 0.6) is 0 Å². The lowest BCUT2D eigenvalue weighted by Gasteiger charge is -2.27. The van der Waals surface area contributed by atoms with E-state index in [-0.39, 0.29) is 5.91 Å². The first kappa shape index (κ1) is 15.7. The van der Waals surface area contributed by atoms with E-state index in [2.05, 4.69) is 17.2 Å². The smallest absolute Gasteiger partial charge is 0.253 e. The summed E-state index contributed by atoms with van der Waals surface area (Å²) in [6.45, 7) is 4.19. The lowest BCUT2D eigenvalue weighted by molar-refractivity contribution is 0.0922. The van der Waals surface area contributed by atoms with E-state index < -0.39 is 0 Å². The Morgan fingerprint density at radius 2 is 1.74 bits per heavy atom. The summed E-state index contributed by atoms with van der Waals surface area (Å²) in [5.41, 5.74) is 3.45. The van der Waals surface area contributed by atoms with Crippen LogP contribution in [-0.4, -0.2) is 16.9 Å². The Bertz CT molecular complexity index is 673. The third kappa shape index (κ3) is 3.79. The molecule has 1 saturated carbocycles. The number of pyridine rings is 1. The predicted octanol–water partition coefficient (Wildman–Crippen LogP) is 4.37. The van der Waals surface area contributed by atoms with Gasteiger partial charge in [-0.1, -0.05) is 37.3 Å². The minimum Gasteiger partial charge on any atom is -0.349 e. The van der Waals surface area contributed by atoms with Gasteiger partial charge < -0.3 is 5.32 Å². The average molecular weight is 308 g/mol.